The molecule has 0 atom stereocenters. The first-order valence-electron chi connectivity index (χ1n) is 7.75. The second-order valence-corrected chi connectivity index (χ2v) is 5.52. The fourth-order valence-electron chi connectivity index (χ4n) is 2.69. The van der Waals surface area contributed by atoms with Crippen LogP contribution in [0.15, 0.2) is 67.1 Å². The Morgan fingerprint density at radius 3 is 2.84 bits per heavy atom. The Morgan fingerprint density at radius 1 is 1.08 bits per heavy atom. The maximum atomic E-state index is 12.4. The molecule has 2 heterocycles. The summed E-state index contributed by atoms with van der Waals surface area (Å²) in [6.45, 7) is 0. The minimum absolute atomic E-state index is 0.105. The molecule has 7 heteroatoms. The van der Waals surface area contributed by atoms with E-state index in [-0.39, 0.29) is 12.3 Å². The molecule has 1 N–H and O–H groups in total. The number of hydrogen-bond donors (Lipinski definition) is 1. The predicted octanol–water partition coefficient (Wildman–Crippen LogP) is 2.39. The molecule has 2 aromatic heterocycles. The number of tetrazole rings is 1. The summed E-state index contributed by atoms with van der Waals surface area (Å²) in [5.41, 5.74) is 3.20. The van der Waals surface area contributed by atoms with Crippen molar-refractivity contribution in [2.24, 2.45) is 0 Å². The van der Waals surface area contributed by atoms with E-state index >= 15 is 0 Å². The zero-order valence-electron chi connectivity index (χ0n) is 13.2. The van der Waals surface area contributed by atoms with Crippen LogP contribution in [0.4, 0.5) is 5.69 Å². The van der Waals surface area contributed by atoms with Crippen LogP contribution in [0.5, 0.6) is 0 Å². The summed E-state index contributed by atoms with van der Waals surface area (Å²) >= 11 is 0. The van der Waals surface area contributed by atoms with Crippen LogP contribution in [0.1, 0.15) is 5.56 Å². The van der Waals surface area contributed by atoms with Gasteiger partial charge in [-0.3, -0.25) is 9.78 Å². The second-order valence-electron chi connectivity index (χ2n) is 5.52. The van der Waals surface area contributed by atoms with Gasteiger partial charge in [-0.2, -0.15) is 0 Å². The number of carbonyl (C=O) groups is 1. The van der Waals surface area contributed by atoms with Gasteiger partial charge in [-0.05, 0) is 40.3 Å². The van der Waals surface area contributed by atoms with E-state index < -0.39 is 0 Å². The quantitative estimate of drug-likeness (QED) is 0.621. The molecule has 0 aliphatic heterocycles. The number of carbonyl (C=O) groups excluding carboxylic acids is 1. The van der Waals surface area contributed by atoms with Crippen LogP contribution in [0.2, 0.25) is 0 Å². The SMILES string of the molecule is O=C(Cc1cccc2cccnc12)Nc1cccc(-n2cnnn2)c1. The number of nitrogens with one attached hydrogen (secondary N) is 1. The van der Waals surface area contributed by atoms with Crippen molar-refractivity contribution >= 4 is 22.5 Å². The van der Waals surface area contributed by atoms with E-state index in [0.717, 1.165) is 22.2 Å². The molecule has 25 heavy (non-hydrogen) atoms. The maximum Gasteiger partial charge on any atom is 0.228 e. The average Bonchev–Trinajstić information content (AvgIpc) is 3.17. The van der Waals surface area contributed by atoms with Gasteiger partial charge in [-0.25, -0.2) is 4.68 Å². The van der Waals surface area contributed by atoms with Crippen molar-refractivity contribution in [2.75, 3.05) is 5.32 Å². The lowest BCUT2D eigenvalue weighted by Crippen LogP contribution is -2.15. The lowest BCUT2D eigenvalue weighted by Gasteiger charge is -2.08. The highest BCUT2D eigenvalue weighted by Crippen LogP contribution is 2.18. The Morgan fingerprint density at radius 2 is 1.96 bits per heavy atom. The van der Waals surface area contributed by atoms with Crippen molar-refractivity contribution in [3.05, 3.63) is 72.7 Å². The zero-order chi connectivity index (χ0) is 17.1. The third-order valence-corrected chi connectivity index (χ3v) is 3.81. The van der Waals surface area contributed by atoms with Gasteiger partial charge in [0.1, 0.15) is 6.33 Å². The fraction of sp³-hybridized carbons (Fsp3) is 0.0556. The number of rotatable bonds is 4. The van der Waals surface area contributed by atoms with Gasteiger partial charge in [-0.15, -0.1) is 5.10 Å². The number of para-hydroxylation sites is 1. The number of fused-ring (bicyclic) bond motifs is 1. The number of hydrogen-bond acceptors (Lipinski definition) is 5. The van der Waals surface area contributed by atoms with E-state index in [1.54, 1.807) is 6.20 Å². The third-order valence-electron chi connectivity index (χ3n) is 3.81. The molecule has 1 amide bonds. The number of nitrogens with zero attached hydrogens (tertiary/aromatic N) is 5. The number of benzene rings is 2. The van der Waals surface area contributed by atoms with Crippen molar-refractivity contribution in [2.45, 2.75) is 6.42 Å². The molecule has 0 saturated heterocycles. The molecule has 4 rings (SSSR count). The molecule has 0 aliphatic carbocycles. The molecule has 4 aromatic rings. The molecule has 0 fully saturated rings. The molecule has 0 radical (unpaired) electrons. The second kappa shape index (κ2) is 6.48. The van der Waals surface area contributed by atoms with Crippen molar-refractivity contribution in [3.8, 4) is 5.69 Å². The topological polar surface area (TPSA) is 85.6 Å². The predicted molar refractivity (Wildman–Crippen MR) is 93.2 cm³/mol. The summed E-state index contributed by atoms with van der Waals surface area (Å²) in [5, 5.41) is 15.0. The van der Waals surface area contributed by atoms with Crippen LogP contribution >= 0.6 is 0 Å². The summed E-state index contributed by atoms with van der Waals surface area (Å²) < 4.78 is 1.53. The monoisotopic (exact) mass is 330 g/mol. The minimum atomic E-state index is -0.105. The van der Waals surface area contributed by atoms with E-state index in [1.807, 2.05) is 54.6 Å². The molecule has 0 saturated carbocycles. The van der Waals surface area contributed by atoms with Gasteiger partial charge >= 0.3 is 0 Å². The Balaban J connectivity index is 1.53. The van der Waals surface area contributed by atoms with E-state index in [1.165, 1.54) is 11.0 Å². The van der Waals surface area contributed by atoms with Crippen molar-refractivity contribution < 1.29 is 4.79 Å². The Labute approximate surface area is 143 Å². The molecule has 2 aromatic carbocycles. The molecular weight excluding hydrogens is 316 g/mol. The highest BCUT2D eigenvalue weighted by Gasteiger charge is 2.09. The van der Waals surface area contributed by atoms with Gasteiger partial charge < -0.3 is 5.32 Å². The van der Waals surface area contributed by atoms with Gasteiger partial charge in [0, 0.05) is 17.3 Å². The maximum absolute atomic E-state index is 12.4. The van der Waals surface area contributed by atoms with E-state index in [0.29, 0.717) is 5.69 Å². The summed E-state index contributed by atoms with van der Waals surface area (Å²) in [6.07, 6.45) is 3.49. The van der Waals surface area contributed by atoms with E-state index in [4.69, 9.17) is 0 Å². The summed E-state index contributed by atoms with van der Waals surface area (Å²) in [5.74, 6) is -0.105. The van der Waals surface area contributed by atoms with Crippen molar-refractivity contribution in [1.82, 2.24) is 25.2 Å². The molecular formula is C18H14N6O. The fourth-order valence-corrected chi connectivity index (χ4v) is 2.69. The van der Waals surface area contributed by atoms with E-state index in [2.05, 4.69) is 25.8 Å². The number of anilines is 1. The van der Waals surface area contributed by atoms with Gasteiger partial charge in [0.05, 0.1) is 17.6 Å². The summed E-state index contributed by atoms with van der Waals surface area (Å²) in [6, 6.07) is 17.1. The average molecular weight is 330 g/mol. The van der Waals surface area contributed by atoms with Crippen molar-refractivity contribution in [1.29, 1.82) is 0 Å². The van der Waals surface area contributed by atoms with Crippen LogP contribution in [-0.4, -0.2) is 31.1 Å². The number of pyridine rings is 1. The highest BCUT2D eigenvalue weighted by molar-refractivity contribution is 5.95. The Hall–Kier alpha value is -3.61. The normalized spacial score (nSPS) is 10.7. The lowest BCUT2D eigenvalue weighted by atomic mass is 10.1. The highest BCUT2D eigenvalue weighted by atomic mass is 16.1. The van der Waals surface area contributed by atoms with Crippen LogP contribution in [0.3, 0.4) is 0 Å². The summed E-state index contributed by atoms with van der Waals surface area (Å²) in [4.78, 5) is 16.8. The Kier molecular flexibility index (Phi) is 3.88. The molecule has 0 unspecified atom stereocenters. The third kappa shape index (κ3) is 3.20. The first-order valence-corrected chi connectivity index (χ1v) is 7.75. The number of aromatic nitrogens is 5. The van der Waals surface area contributed by atoms with Crippen LogP contribution < -0.4 is 5.32 Å². The van der Waals surface area contributed by atoms with Gasteiger partial charge in [0.2, 0.25) is 5.91 Å². The smallest absolute Gasteiger partial charge is 0.228 e. The van der Waals surface area contributed by atoms with Crippen LogP contribution in [0.25, 0.3) is 16.6 Å². The van der Waals surface area contributed by atoms with E-state index in [9.17, 15) is 4.79 Å². The molecule has 122 valence electrons. The first kappa shape index (κ1) is 14.9. The molecule has 7 nitrogen and oxygen atoms in total. The number of amides is 1. The lowest BCUT2D eigenvalue weighted by molar-refractivity contribution is -0.115. The van der Waals surface area contributed by atoms with Crippen LogP contribution in [0, 0.1) is 0 Å². The van der Waals surface area contributed by atoms with Crippen molar-refractivity contribution in [3.63, 3.8) is 0 Å². The van der Waals surface area contributed by atoms with Gasteiger partial charge in [-0.1, -0.05) is 30.3 Å². The summed E-state index contributed by atoms with van der Waals surface area (Å²) in [7, 11) is 0. The van der Waals surface area contributed by atoms with Gasteiger partial charge in [0.15, 0.2) is 0 Å². The molecule has 0 aliphatic rings. The van der Waals surface area contributed by atoms with Gasteiger partial charge in [0.25, 0.3) is 0 Å². The standard InChI is InChI=1S/C18H14N6O/c25-17(10-14-5-1-4-13-6-3-9-19-18(13)14)21-15-7-2-8-16(11-15)24-12-20-22-23-24/h1-9,11-12H,10H2,(H,21,25). The van der Waals surface area contributed by atoms with Crippen LogP contribution in [-0.2, 0) is 11.2 Å². The Bertz CT molecular complexity index is 1020. The molecule has 0 bridgehead atoms. The zero-order valence-corrected chi connectivity index (χ0v) is 13.2. The molecule has 0 spiro atoms. The minimum Gasteiger partial charge on any atom is -0.326 e. The first-order chi connectivity index (χ1) is 12.3. The largest absolute Gasteiger partial charge is 0.326 e.